The summed E-state index contributed by atoms with van der Waals surface area (Å²) in [7, 11) is 0. The van der Waals surface area contributed by atoms with Crippen LogP contribution in [0.25, 0.3) is 0 Å². The van der Waals surface area contributed by atoms with E-state index < -0.39 is 0 Å². The first-order valence-electron chi connectivity index (χ1n) is 6.16. The molecule has 0 heterocycles. The molecule has 0 amide bonds. The van der Waals surface area contributed by atoms with Gasteiger partial charge in [-0.15, -0.1) is 12.3 Å². The largest absolute Gasteiger partial charge is 0.305 e. The van der Waals surface area contributed by atoms with Crippen LogP contribution in [0, 0.1) is 12.3 Å². The summed E-state index contributed by atoms with van der Waals surface area (Å²) in [6.45, 7) is 0.835. The first-order chi connectivity index (χ1) is 8.90. The minimum atomic E-state index is 0.219. The zero-order valence-corrected chi connectivity index (χ0v) is 10.3. The van der Waals surface area contributed by atoms with E-state index in [1.165, 1.54) is 11.1 Å². The molecule has 0 aliphatic rings. The molecule has 2 rings (SSSR count). The maximum atomic E-state index is 5.45. The van der Waals surface area contributed by atoms with Crippen molar-refractivity contribution in [3.63, 3.8) is 0 Å². The molecule has 2 aromatic rings. The molecule has 0 aliphatic carbocycles. The van der Waals surface area contributed by atoms with Crippen molar-refractivity contribution < 1.29 is 0 Å². The van der Waals surface area contributed by atoms with E-state index in [0.29, 0.717) is 6.42 Å². The minimum absolute atomic E-state index is 0.219. The van der Waals surface area contributed by atoms with E-state index in [1.54, 1.807) is 0 Å². The topological polar surface area (TPSA) is 12.0 Å². The van der Waals surface area contributed by atoms with Crippen LogP contribution in [-0.2, 0) is 6.54 Å². The molecule has 0 aliphatic heterocycles. The van der Waals surface area contributed by atoms with E-state index in [9.17, 15) is 0 Å². The molecule has 0 fully saturated rings. The normalized spacial score (nSPS) is 11.7. The van der Waals surface area contributed by atoms with Crippen LogP contribution >= 0.6 is 0 Å². The van der Waals surface area contributed by atoms with Gasteiger partial charge in [0.2, 0.25) is 0 Å². The molecule has 0 radical (unpaired) electrons. The predicted octanol–water partition coefficient (Wildman–Crippen LogP) is 3.54. The molecule has 1 unspecified atom stereocenters. The Hall–Kier alpha value is -2.04. The van der Waals surface area contributed by atoms with Gasteiger partial charge >= 0.3 is 0 Å². The lowest BCUT2D eigenvalue weighted by atomic mass is 10.0. The molecule has 1 N–H and O–H groups in total. The van der Waals surface area contributed by atoms with Crippen LogP contribution in [0.3, 0.4) is 0 Å². The van der Waals surface area contributed by atoms with Crippen molar-refractivity contribution in [1.82, 2.24) is 5.32 Å². The second kappa shape index (κ2) is 6.64. The minimum Gasteiger partial charge on any atom is -0.305 e. The van der Waals surface area contributed by atoms with Gasteiger partial charge in [-0.25, -0.2) is 0 Å². The fourth-order valence-electron chi connectivity index (χ4n) is 1.95. The summed E-state index contributed by atoms with van der Waals surface area (Å²) in [5.41, 5.74) is 2.52. The van der Waals surface area contributed by atoms with Crippen molar-refractivity contribution in [3.05, 3.63) is 71.8 Å². The van der Waals surface area contributed by atoms with Crippen LogP contribution in [0.15, 0.2) is 60.7 Å². The van der Waals surface area contributed by atoms with Crippen molar-refractivity contribution in [2.24, 2.45) is 0 Å². The molecule has 0 saturated carbocycles. The van der Waals surface area contributed by atoms with E-state index in [0.717, 1.165) is 6.54 Å². The van der Waals surface area contributed by atoms with Gasteiger partial charge in [0.15, 0.2) is 0 Å². The van der Waals surface area contributed by atoms with Gasteiger partial charge in [0, 0.05) is 19.0 Å². The third kappa shape index (κ3) is 3.48. The highest BCUT2D eigenvalue weighted by atomic mass is 14.9. The first kappa shape index (κ1) is 12.4. The van der Waals surface area contributed by atoms with Gasteiger partial charge < -0.3 is 5.32 Å². The Morgan fingerprint density at radius 2 is 1.56 bits per heavy atom. The van der Waals surface area contributed by atoms with Crippen LogP contribution in [0.5, 0.6) is 0 Å². The van der Waals surface area contributed by atoms with Crippen molar-refractivity contribution in [2.45, 2.75) is 19.0 Å². The smallest absolute Gasteiger partial charge is 0.0433 e. The highest BCUT2D eigenvalue weighted by Crippen LogP contribution is 2.16. The van der Waals surface area contributed by atoms with Gasteiger partial charge in [-0.2, -0.15) is 0 Å². The molecule has 1 heteroatoms. The lowest BCUT2D eigenvalue weighted by Gasteiger charge is -2.17. The van der Waals surface area contributed by atoms with E-state index >= 15 is 0 Å². The molecule has 0 aromatic heterocycles. The van der Waals surface area contributed by atoms with Crippen LogP contribution in [0.2, 0.25) is 0 Å². The summed E-state index contributed by atoms with van der Waals surface area (Å²) in [4.78, 5) is 0. The molecule has 0 bridgehead atoms. The van der Waals surface area contributed by atoms with Gasteiger partial charge in [0.25, 0.3) is 0 Å². The molecule has 2 aromatic carbocycles. The molecule has 0 saturated heterocycles. The Bertz CT molecular complexity index is 496. The highest BCUT2D eigenvalue weighted by Gasteiger charge is 2.08. The molecule has 90 valence electrons. The fourth-order valence-corrected chi connectivity index (χ4v) is 1.95. The van der Waals surface area contributed by atoms with E-state index in [1.807, 2.05) is 24.3 Å². The van der Waals surface area contributed by atoms with Crippen molar-refractivity contribution in [2.75, 3.05) is 0 Å². The first-order valence-corrected chi connectivity index (χ1v) is 6.16. The number of benzene rings is 2. The monoisotopic (exact) mass is 235 g/mol. The summed E-state index contributed by atoms with van der Waals surface area (Å²) >= 11 is 0. The highest BCUT2D eigenvalue weighted by molar-refractivity contribution is 5.21. The van der Waals surface area contributed by atoms with Crippen molar-refractivity contribution >= 4 is 0 Å². The Balaban J connectivity index is 2.02. The maximum Gasteiger partial charge on any atom is 0.0433 e. The third-order valence-corrected chi connectivity index (χ3v) is 2.92. The van der Waals surface area contributed by atoms with Gasteiger partial charge in [-0.3, -0.25) is 0 Å². The van der Waals surface area contributed by atoms with Gasteiger partial charge in [-0.05, 0) is 11.1 Å². The lowest BCUT2D eigenvalue weighted by molar-refractivity contribution is 0.544. The fraction of sp³-hybridized carbons (Fsp3) is 0.176. The summed E-state index contributed by atoms with van der Waals surface area (Å²) < 4.78 is 0. The second-order valence-electron chi connectivity index (χ2n) is 4.24. The summed E-state index contributed by atoms with van der Waals surface area (Å²) in [5, 5.41) is 3.51. The van der Waals surface area contributed by atoms with Crippen molar-refractivity contribution in [1.29, 1.82) is 0 Å². The third-order valence-electron chi connectivity index (χ3n) is 2.92. The average molecular weight is 235 g/mol. The molecule has 1 atom stereocenters. The Morgan fingerprint density at radius 3 is 2.17 bits per heavy atom. The Labute approximate surface area is 109 Å². The zero-order chi connectivity index (χ0) is 12.6. The standard InChI is InChI=1S/C17H17N/c1-2-9-17(16-12-7-4-8-13-16)18-14-15-10-5-3-6-11-15/h1,3-8,10-13,17-18H,9,14H2. The predicted molar refractivity (Wildman–Crippen MR) is 75.9 cm³/mol. The SMILES string of the molecule is C#CCC(NCc1ccccc1)c1ccccc1. The summed E-state index contributed by atoms with van der Waals surface area (Å²) in [6.07, 6.45) is 6.15. The van der Waals surface area contributed by atoms with E-state index in [-0.39, 0.29) is 6.04 Å². The van der Waals surface area contributed by atoms with Gasteiger partial charge in [0.1, 0.15) is 0 Å². The van der Waals surface area contributed by atoms with Crippen LogP contribution in [0.1, 0.15) is 23.6 Å². The maximum absolute atomic E-state index is 5.45. The van der Waals surface area contributed by atoms with Crippen molar-refractivity contribution in [3.8, 4) is 12.3 Å². The van der Waals surface area contributed by atoms with Gasteiger partial charge in [-0.1, -0.05) is 60.7 Å². The Kier molecular flexibility index (Phi) is 4.58. The van der Waals surface area contributed by atoms with Gasteiger partial charge in [0.05, 0.1) is 0 Å². The molecular weight excluding hydrogens is 218 g/mol. The number of rotatable bonds is 5. The second-order valence-corrected chi connectivity index (χ2v) is 4.24. The van der Waals surface area contributed by atoms with Crippen LogP contribution < -0.4 is 5.32 Å². The quantitative estimate of drug-likeness (QED) is 0.782. The Morgan fingerprint density at radius 1 is 0.944 bits per heavy atom. The zero-order valence-electron chi connectivity index (χ0n) is 10.3. The number of hydrogen-bond acceptors (Lipinski definition) is 1. The molecular formula is C17H17N. The van der Waals surface area contributed by atoms with E-state index in [2.05, 4.69) is 47.6 Å². The number of hydrogen-bond donors (Lipinski definition) is 1. The van der Waals surface area contributed by atoms with Crippen LogP contribution in [-0.4, -0.2) is 0 Å². The molecule has 0 spiro atoms. The molecule has 18 heavy (non-hydrogen) atoms. The number of nitrogens with one attached hydrogen (secondary N) is 1. The average Bonchev–Trinajstić information content (AvgIpc) is 2.45. The number of terminal acetylenes is 1. The summed E-state index contributed by atoms with van der Waals surface area (Å²) in [6, 6.07) is 20.9. The van der Waals surface area contributed by atoms with E-state index in [4.69, 9.17) is 6.42 Å². The van der Waals surface area contributed by atoms with Crippen LogP contribution in [0.4, 0.5) is 0 Å². The lowest BCUT2D eigenvalue weighted by Crippen LogP contribution is -2.20. The molecule has 1 nitrogen and oxygen atoms in total. The summed E-state index contributed by atoms with van der Waals surface area (Å²) in [5.74, 6) is 2.74.